The van der Waals surface area contributed by atoms with E-state index in [0.29, 0.717) is 6.61 Å². The highest BCUT2D eigenvalue weighted by Crippen LogP contribution is 2.14. The Balaban J connectivity index is 2.12. The van der Waals surface area contributed by atoms with E-state index in [9.17, 15) is 4.79 Å². The molecule has 0 saturated heterocycles. The highest BCUT2D eigenvalue weighted by Gasteiger charge is 2.07. The van der Waals surface area contributed by atoms with Crippen LogP contribution in [0.2, 0.25) is 0 Å². The molecular weight excluding hydrogens is 158 g/mol. The van der Waals surface area contributed by atoms with E-state index in [-0.39, 0.29) is 0 Å². The number of ether oxygens (including phenoxy) is 1. The molecule has 0 aliphatic heterocycles. The van der Waals surface area contributed by atoms with Crippen molar-refractivity contribution in [2.75, 3.05) is 6.61 Å². The number of allylic oxidation sites excluding steroid dienone is 2. The Morgan fingerprint density at radius 3 is 3.17 bits per heavy atom. The monoisotopic (exact) mass is 171 g/mol. The summed E-state index contributed by atoms with van der Waals surface area (Å²) < 4.78 is 4.55. The lowest BCUT2D eigenvalue weighted by Crippen LogP contribution is -2.19. The van der Waals surface area contributed by atoms with E-state index < -0.39 is 6.16 Å². The van der Waals surface area contributed by atoms with Gasteiger partial charge in [0.05, 0.1) is 6.61 Å². The lowest BCUT2D eigenvalue weighted by Gasteiger charge is -2.05. The number of hydroxylamine groups is 1. The summed E-state index contributed by atoms with van der Waals surface area (Å²) >= 11 is 0. The number of nitrogens with one attached hydrogen (secondary N) is 1. The number of hydrogen-bond donors (Lipinski definition) is 1. The topological polar surface area (TPSA) is 47.6 Å². The molecule has 0 amide bonds. The van der Waals surface area contributed by atoms with Gasteiger partial charge in [0.2, 0.25) is 0 Å². The van der Waals surface area contributed by atoms with Crippen LogP contribution in [0, 0.1) is 0 Å². The Morgan fingerprint density at radius 1 is 1.75 bits per heavy atom. The van der Waals surface area contributed by atoms with Gasteiger partial charge in [-0.3, -0.25) is 0 Å². The third kappa shape index (κ3) is 2.82. The predicted octanol–water partition coefficient (Wildman–Crippen LogP) is 1.73. The van der Waals surface area contributed by atoms with E-state index in [2.05, 4.69) is 15.1 Å². The predicted molar refractivity (Wildman–Crippen MR) is 43.2 cm³/mol. The van der Waals surface area contributed by atoms with Crippen molar-refractivity contribution in [1.82, 2.24) is 5.48 Å². The van der Waals surface area contributed by atoms with Crippen LogP contribution in [0.1, 0.15) is 26.2 Å². The average Bonchev–Trinajstić information content (AvgIpc) is 2.53. The van der Waals surface area contributed by atoms with Crippen molar-refractivity contribution in [2.45, 2.75) is 26.2 Å². The van der Waals surface area contributed by atoms with Crippen LogP contribution in [0.25, 0.3) is 0 Å². The smallest absolute Gasteiger partial charge is 0.433 e. The first-order valence-electron chi connectivity index (χ1n) is 4.11. The SMILES string of the molecule is CCOC(=O)ONC1=CCCC1. The van der Waals surface area contributed by atoms with E-state index in [1.54, 1.807) is 6.92 Å². The van der Waals surface area contributed by atoms with Gasteiger partial charge in [0.1, 0.15) is 0 Å². The van der Waals surface area contributed by atoms with E-state index in [0.717, 1.165) is 25.0 Å². The van der Waals surface area contributed by atoms with Crippen LogP contribution in [-0.4, -0.2) is 12.8 Å². The van der Waals surface area contributed by atoms with Crippen molar-refractivity contribution in [1.29, 1.82) is 0 Å². The molecule has 1 N–H and O–H groups in total. The summed E-state index contributed by atoms with van der Waals surface area (Å²) in [7, 11) is 0. The number of rotatable bonds is 3. The molecule has 4 nitrogen and oxygen atoms in total. The Kier molecular flexibility index (Phi) is 3.44. The highest BCUT2D eigenvalue weighted by molar-refractivity contribution is 5.59. The average molecular weight is 171 g/mol. The third-order valence-electron chi connectivity index (χ3n) is 1.57. The molecule has 1 aliphatic carbocycles. The van der Waals surface area contributed by atoms with E-state index in [4.69, 9.17) is 0 Å². The molecule has 0 bridgehead atoms. The van der Waals surface area contributed by atoms with Crippen LogP contribution in [0.5, 0.6) is 0 Å². The van der Waals surface area contributed by atoms with Crippen LogP contribution in [0.4, 0.5) is 4.79 Å². The maximum Gasteiger partial charge on any atom is 0.533 e. The van der Waals surface area contributed by atoms with Crippen molar-refractivity contribution in [3.8, 4) is 0 Å². The first-order chi connectivity index (χ1) is 5.83. The lowest BCUT2D eigenvalue weighted by molar-refractivity contribution is 0.0290. The summed E-state index contributed by atoms with van der Waals surface area (Å²) in [4.78, 5) is 15.3. The summed E-state index contributed by atoms with van der Waals surface area (Å²) in [5.74, 6) is 0. The Morgan fingerprint density at radius 2 is 2.58 bits per heavy atom. The largest absolute Gasteiger partial charge is 0.533 e. The molecule has 68 valence electrons. The van der Waals surface area contributed by atoms with Crippen LogP contribution < -0.4 is 5.48 Å². The Labute approximate surface area is 71.5 Å². The summed E-state index contributed by atoms with van der Waals surface area (Å²) in [6, 6.07) is 0. The number of carbonyl (C=O) groups is 1. The van der Waals surface area contributed by atoms with E-state index in [1.165, 1.54) is 0 Å². The van der Waals surface area contributed by atoms with Crippen molar-refractivity contribution >= 4 is 6.16 Å². The fraction of sp³-hybridized carbons (Fsp3) is 0.625. The van der Waals surface area contributed by atoms with Gasteiger partial charge in [-0.25, -0.2) is 10.3 Å². The molecule has 0 unspecified atom stereocenters. The van der Waals surface area contributed by atoms with Crippen LogP contribution in [-0.2, 0) is 9.57 Å². The van der Waals surface area contributed by atoms with Crippen molar-refractivity contribution in [3.63, 3.8) is 0 Å². The lowest BCUT2D eigenvalue weighted by atomic mass is 10.3. The highest BCUT2D eigenvalue weighted by atomic mass is 16.8. The summed E-state index contributed by atoms with van der Waals surface area (Å²) in [5.41, 5.74) is 3.51. The van der Waals surface area contributed by atoms with Crippen molar-refractivity contribution < 1.29 is 14.4 Å². The van der Waals surface area contributed by atoms with E-state index >= 15 is 0 Å². The Bertz CT molecular complexity index is 189. The van der Waals surface area contributed by atoms with Gasteiger partial charge in [-0.1, -0.05) is 6.08 Å². The van der Waals surface area contributed by atoms with Crippen LogP contribution >= 0.6 is 0 Å². The molecule has 1 rings (SSSR count). The normalized spacial score (nSPS) is 15.2. The van der Waals surface area contributed by atoms with Gasteiger partial charge in [0.15, 0.2) is 0 Å². The molecule has 0 heterocycles. The van der Waals surface area contributed by atoms with Crippen molar-refractivity contribution in [2.24, 2.45) is 0 Å². The number of hydrogen-bond acceptors (Lipinski definition) is 4. The molecule has 12 heavy (non-hydrogen) atoms. The minimum Gasteiger partial charge on any atom is -0.433 e. The van der Waals surface area contributed by atoms with Gasteiger partial charge in [-0.15, -0.1) is 0 Å². The van der Waals surface area contributed by atoms with Gasteiger partial charge >= 0.3 is 6.16 Å². The second kappa shape index (κ2) is 4.64. The quantitative estimate of drug-likeness (QED) is 0.519. The molecule has 0 radical (unpaired) electrons. The molecule has 4 heteroatoms. The molecule has 0 aromatic carbocycles. The fourth-order valence-electron chi connectivity index (χ4n) is 1.02. The summed E-state index contributed by atoms with van der Waals surface area (Å²) in [6.07, 6.45) is 4.45. The van der Waals surface area contributed by atoms with Crippen LogP contribution in [0.15, 0.2) is 11.8 Å². The zero-order chi connectivity index (χ0) is 8.81. The van der Waals surface area contributed by atoms with Gasteiger partial charge in [0.25, 0.3) is 0 Å². The van der Waals surface area contributed by atoms with E-state index in [1.807, 2.05) is 6.08 Å². The maximum atomic E-state index is 10.7. The third-order valence-corrected chi connectivity index (χ3v) is 1.57. The van der Waals surface area contributed by atoms with Crippen molar-refractivity contribution in [3.05, 3.63) is 11.8 Å². The van der Waals surface area contributed by atoms with Gasteiger partial charge in [0, 0.05) is 5.70 Å². The summed E-state index contributed by atoms with van der Waals surface area (Å²) in [6.45, 7) is 2.07. The minimum atomic E-state index is -0.676. The first kappa shape index (κ1) is 8.90. The molecule has 0 saturated carbocycles. The molecule has 0 aromatic rings. The van der Waals surface area contributed by atoms with Gasteiger partial charge < -0.3 is 9.57 Å². The maximum absolute atomic E-state index is 10.7. The minimum absolute atomic E-state index is 0.333. The molecule has 0 aromatic heterocycles. The molecule has 0 spiro atoms. The van der Waals surface area contributed by atoms with Gasteiger partial charge in [-0.05, 0) is 26.2 Å². The number of carbonyl (C=O) groups excluding carboxylic acids is 1. The second-order valence-electron chi connectivity index (χ2n) is 2.51. The zero-order valence-electron chi connectivity index (χ0n) is 7.13. The zero-order valence-corrected chi connectivity index (χ0v) is 7.13. The molecule has 0 atom stereocenters. The van der Waals surface area contributed by atoms with Crippen LogP contribution in [0.3, 0.4) is 0 Å². The molecule has 0 fully saturated rings. The summed E-state index contributed by atoms with van der Waals surface area (Å²) in [5, 5.41) is 0. The van der Waals surface area contributed by atoms with Gasteiger partial charge in [-0.2, -0.15) is 0 Å². The second-order valence-corrected chi connectivity index (χ2v) is 2.51. The Hall–Kier alpha value is -1.19. The fourth-order valence-corrected chi connectivity index (χ4v) is 1.02. The standard InChI is InChI=1S/C8H13NO3/c1-2-11-8(10)12-9-7-5-3-4-6-7/h5,9H,2-4,6H2,1H3. The molecular formula is C8H13NO3. The molecule has 1 aliphatic rings. The first-order valence-corrected chi connectivity index (χ1v) is 4.11.